The van der Waals surface area contributed by atoms with Crippen LogP contribution in [0.5, 0.6) is 0 Å². The smallest absolute Gasteiger partial charge is 0.0714 e. The number of nitrogens with zero attached hydrogens (tertiary/aromatic N) is 2. The number of para-hydroxylation sites is 2. The van der Waals surface area contributed by atoms with E-state index in [4.69, 9.17) is 0 Å². The zero-order valence-electron chi connectivity index (χ0n) is 34.6. The van der Waals surface area contributed by atoms with Crippen LogP contribution in [0.3, 0.4) is 0 Å². The van der Waals surface area contributed by atoms with E-state index in [9.17, 15) is 0 Å². The third kappa shape index (κ3) is 5.95. The van der Waals surface area contributed by atoms with Gasteiger partial charge in [-0.25, -0.2) is 0 Å². The molecule has 2 heteroatoms. The van der Waals surface area contributed by atoms with E-state index in [1.54, 1.807) is 0 Å². The average molecular weight is 803 g/mol. The molecule has 1 aliphatic rings. The Balaban J connectivity index is 0.960. The summed E-state index contributed by atoms with van der Waals surface area (Å²) >= 11 is 0. The van der Waals surface area contributed by atoms with E-state index in [1.807, 2.05) is 0 Å². The second-order valence-corrected chi connectivity index (χ2v) is 16.5. The maximum absolute atomic E-state index is 2.41. The Bertz CT molecular complexity index is 3390. The van der Waals surface area contributed by atoms with E-state index < -0.39 is 5.41 Å². The molecule has 0 saturated heterocycles. The SMILES string of the molecule is c1ccc(-c2cccc(-n3c4ccccc4c4cc(-c5ccc(N(c6ccccc6)c6cccc(C7(c8ccccc8)c8ccccc8-c8ccccc87)c6)cc5)ccc43)c2)cc1. The van der Waals surface area contributed by atoms with Gasteiger partial charge in [0.1, 0.15) is 0 Å². The predicted octanol–water partition coefficient (Wildman–Crippen LogP) is 16.0. The van der Waals surface area contributed by atoms with Crippen molar-refractivity contribution in [1.29, 1.82) is 0 Å². The molecule has 0 N–H and O–H groups in total. The molecule has 0 fully saturated rings. The molecule has 10 aromatic carbocycles. The molecule has 2 nitrogen and oxygen atoms in total. The third-order valence-corrected chi connectivity index (χ3v) is 13.1. The van der Waals surface area contributed by atoms with Gasteiger partial charge < -0.3 is 9.47 Å². The van der Waals surface area contributed by atoms with Crippen molar-refractivity contribution in [3.63, 3.8) is 0 Å². The first-order chi connectivity index (χ1) is 31.3. The highest BCUT2D eigenvalue weighted by molar-refractivity contribution is 6.10. The Morgan fingerprint density at radius 3 is 1.56 bits per heavy atom. The molecule has 0 unspecified atom stereocenters. The van der Waals surface area contributed by atoms with Crippen LogP contribution in [-0.4, -0.2) is 4.57 Å². The van der Waals surface area contributed by atoms with E-state index >= 15 is 0 Å². The van der Waals surface area contributed by atoms with Gasteiger partial charge in [0, 0.05) is 33.5 Å². The van der Waals surface area contributed by atoms with Gasteiger partial charge in [0.25, 0.3) is 0 Å². The van der Waals surface area contributed by atoms with E-state index in [1.165, 1.54) is 77.4 Å². The monoisotopic (exact) mass is 802 g/mol. The first-order valence-corrected chi connectivity index (χ1v) is 21.8. The third-order valence-electron chi connectivity index (χ3n) is 13.1. The van der Waals surface area contributed by atoms with Gasteiger partial charge in [0.2, 0.25) is 0 Å². The molecule has 0 aliphatic heterocycles. The van der Waals surface area contributed by atoms with Crippen LogP contribution in [0.15, 0.2) is 255 Å². The fourth-order valence-electron chi connectivity index (χ4n) is 10.3. The number of fused-ring (bicyclic) bond motifs is 6. The molecule has 0 amide bonds. The molecule has 0 bridgehead atoms. The van der Waals surface area contributed by atoms with Crippen LogP contribution in [0.1, 0.15) is 22.3 Å². The summed E-state index contributed by atoms with van der Waals surface area (Å²) in [5, 5.41) is 2.48. The highest BCUT2D eigenvalue weighted by atomic mass is 15.1. The topological polar surface area (TPSA) is 8.17 Å². The summed E-state index contributed by atoms with van der Waals surface area (Å²) in [4.78, 5) is 2.39. The van der Waals surface area contributed by atoms with Crippen molar-refractivity contribution in [3.05, 3.63) is 277 Å². The van der Waals surface area contributed by atoms with Crippen LogP contribution in [-0.2, 0) is 5.41 Å². The Morgan fingerprint density at radius 1 is 0.302 bits per heavy atom. The van der Waals surface area contributed by atoms with Gasteiger partial charge in [-0.2, -0.15) is 0 Å². The first kappa shape index (κ1) is 36.6. The molecule has 0 saturated carbocycles. The average Bonchev–Trinajstić information content (AvgIpc) is 3.86. The summed E-state index contributed by atoms with van der Waals surface area (Å²) in [5.74, 6) is 0. The molecule has 296 valence electrons. The van der Waals surface area contributed by atoms with Crippen LogP contribution < -0.4 is 4.90 Å². The minimum atomic E-state index is -0.483. The van der Waals surface area contributed by atoms with Crippen LogP contribution in [0.25, 0.3) is 60.9 Å². The first-order valence-electron chi connectivity index (χ1n) is 21.8. The Kier molecular flexibility index (Phi) is 8.76. The lowest BCUT2D eigenvalue weighted by atomic mass is 9.67. The summed E-state index contributed by atoms with van der Waals surface area (Å²) in [5.41, 5.74) is 18.8. The zero-order chi connectivity index (χ0) is 41.7. The highest BCUT2D eigenvalue weighted by Gasteiger charge is 2.46. The van der Waals surface area contributed by atoms with Crippen LogP contribution in [0.4, 0.5) is 17.1 Å². The van der Waals surface area contributed by atoms with Crippen LogP contribution in [0, 0.1) is 0 Å². The van der Waals surface area contributed by atoms with Gasteiger partial charge in [-0.05, 0) is 122 Å². The molecule has 63 heavy (non-hydrogen) atoms. The lowest BCUT2D eigenvalue weighted by molar-refractivity contribution is 0.768. The molecular weight excluding hydrogens is 761 g/mol. The zero-order valence-corrected chi connectivity index (χ0v) is 34.6. The summed E-state index contributed by atoms with van der Waals surface area (Å²) in [7, 11) is 0. The maximum atomic E-state index is 2.41. The van der Waals surface area contributed by atoms with Crippen molar-refractivity contribution in [2.45, 2.75) is 5.41 Å². The second-order valence-electron chi connectivity index (χ2n) is 16.5. The van der Waals surface area contributed by atoms with Crippen LogP contribution >= 0.6 is 0 Å². The Hall–Kier alpha value is -8.20. The lowest BCUT2D eigenvalue weighted by Crippen LogP contribution is -2.28. The molecule has 11 aromatic rings. The van der Waals surface area contributed by atoms with Crippen LogP contribution in [0.2, 0.25) is 0 Å². The molecule has 1 aromatic heterocycles. The van der Waals surface area contributed by atoms with Gasteiger partial charge >= 0.3 is 0 Å². The molecule has 1 aliphatic carbocycles. The molecule has 0 radical (unpaired) electrons. The fourth-order valence-corrected chi connectivity index (χ4v) is 10.3. The van der Waals surface area contributed by atoms with Crippen molar-refractivity contribution >= 4 is 38.9 Å². The van der Waals surface area contributed by atoms with E-state index in [0.717, 1.165) is 22.7 Å². The van der Waals surface area contributed by atoms with Gasteiger partial charge in [-0.15, -0.1) is 0 Å². The minimum Gasteiger partial charge on any atom is -0.310 e. The number of rotatable bonds is 8. The molecule has 0 spiro atoms. The quantitative estimate of drug-likeness (QED) is 0.149. The van der Waals surface area contributed by atoms with Gasteiger partial charge in [0.15, 0.2) is 0 Å². The molecule has 12 rings (SSSR count). The number of benzene rings is 10. The Labute approximate surface area is 368 Å². The normalized spacial score (nSPS) is 12.6. The summed E-state index contributed by atoms with van der Waals surface area (Å²) in [6.07, 6.45) is 0. The largest absolute Gasteiger partial charge is 0.310 e. The molecular formula is C61H42N2. The summed E-state index contributed by atoms with van der Waals surface area (Å²) in [6, 6.07) is 93.1. The second kappa shape index (κ2) is 15.1. The Morgan fingerprint density at radius 2 is 0.810 bits per heavy atom. The molecule has 1 heterocycles. The summed E-state index contributed by atoms with van der Waals surface area (Å²) in [6.45, 7) is 0. The number of hydrogen-bond acceptors (Lipinski definition) is 1. The highest BCUT2D eigenvalue weighted by Crippen LogP contribution is 2.56. The van der Waals surface area contributed by atoms with Crippen molar-refractivity contribution < 1.29 is 0 Å². The van der Waals surface area contributed by atoms with Crippen molar-refractivity contribution in [3.8, 4) is 39.1 Å². The van der Waals surface area contributed by atoms with Gasteiger partial charge in [-0.1, -0.05) is 188 Å². The van der Waals surface area contributed by atoms with Crippen molar-refractivity contribution in [2.75, 3.05) is 4.90 Å². The number of aromatic nitrogens is 1. The standard InChI is InChI=1S/C61H42N2/c1-4-18-43(19-5-1)45-20-16-26-51(40-45)63-59-33-15-12-30-55(59)56-41-46(36-39-60(56)63)44-34-37-50(38-35-44)62(49-24-8-3-9-25-49)52-27-17-23-48(42-52)61(47-21-6-2-7-22-47)57-31-13-10-28-53(57)54-29-11-14-32-58(54)61/h1-42H. The lowest BCUT2D eigenvalue weighted by Gasteiger charge is -2.35. The van der Waals surface area contributed by atoms with Gasteiger partial charge in [0.05, 0.1) is 16.4 Å². The van der Waals surface area contributed by atoms with E-state index in [0.29, 0.717) is 0 Å². The predicted molar refractivity (Wildman–Crippen MR) is 264 cm³/mol. The van der Waals surface area contributed by atoms with Crippen molar-refractivity contribution in [1.82, 2.24) is 4.57 Å². The van der Waals surface area contributed by atoms with Gasteiger partial charge in [-0.3, -0.25) is 0 Å². The number of hydrogen-bond donors (Lipinski definition) is 0. The minimum absolute atomic E-state index is 0.483. The number of anilines is 3. The van der Waals surface area contributed by atoms with Crippen molar-refractivity contribution in [2.24, 2.45) is 0 Å². The molecule has 0 atom stereocenters. The maximum Gasteiger partial charge on any atom is 0.0714 e. The van der Waals surface area contributed by atoms with E-state index in [2.05, 4.69) is 264 Å². The van der Waals surface area contributed by atoms with E-state index in [-0.39, 0.29) is 0 Å². The fraction of sp³-hybridized carbons (Fsp3) is 0.0164. The summed E-state index contributed by atoms with van der Waals surface area (Å²) < 4.78 is 2.40.